The summed E-state index contributed by atoms with van der Waals surface area (Å²) in [5, 5.41) is 9.89. The summed E-state index contributed by atoms with van der Waals surface area (Å²) in [6, 6.07) is 67.5. The topological polar surface area (TPSA) is 48.2 Å². The molecule has 0 saturated heterocycles. The van der Waals surface area contributed by atoms with Crippen molar-refractivity contribution in [3.63, 3.8) is 0 Å². The molecule has 0 bridgehead atoms. The fourth-order valence-corrected chi connectivity index (χ4v) is 16.5. The molecule has 2 aliphatic rings. The summed E-state index contributed by atoms with van der Waals surface area (Å²) >= 11 is 0. The normalized spacial score (nSPS) is 13.2. The van der Waals surface area contributed by atoms with Crippen LogP contribution in [0.3, 0.4) is 0 Å². The number of hydrogen-bond acceptors (Lipinski definition) is 4. The van der Waals surface area contributed by atoms with Crippen molar-refractivity contribution in [1.82, 2.24) is 10.2 Å². The predicted octanol–water partition coefficient (Wildman–Crippen LogP) is 28.3. The summed E-state index contributed by atoms with van der Waals surface area (Å²) in [5.74, 6) is 1.92. The van der Waals surface area contributed by atoms with E-state index in [2.05, 4.69) is 211 Å². The Kier molecular flexibility index (Phi) is 26.1. The molecule has 8 aromatic carbocycles. The first kappa shape index (κ1) is 70.0. The standard InChI is InChI=1S/C92H114N2O2/c1-6-11-16-21-26-37-60-91(61-38-27-22-17-12-7-2)85-66-74(70-42-33-31-34-43-70)49-56-80(85)82-58-51-76(68-87(82)91)73-48-55-79(84(65-73)90-94-93-89(96-90)72-46-53-78(54-47-72)95-64-41-30-25-20-15-10-5)77-52-59-83-81-57-50-75(71-44-35-32-36-45-71)67-86(81)92(88(83)69-77,62-39-28-23-18-13-8-3)63-40-29-24-19-14-9-4/h31-36,42-59,65-69H,6-30,37-41,60-64H2,1-5H3. The van der Waals surface area contributed by atoms with E-state index < -0.39 is 0 Å². The Morgan fingerprint density at radius 1 is 0.260 bits per heavy atom. The summed E-state index contributed by atoms with van der Waals surface area (Å²) in [4.78, 5) is 0. The van der Waals surface area contributed by atoms with Crippen molar-refractivity contribution in [2.45, 2.75) is 264 Å². The lowest BCUT2D eigenvalue weighted by atomic mass is 9.69. The minimum Gasteiger partial charge on any atom is -0.494 e. The van der Waals surface area contributed by atoms with Crippen LogP contribution in [-0.4, -0.2) is 16.8 Å². The molecule has 1 heterocycles. The molecule has 4 nitrogen and oxygen atoms in total. The van der Waals surface area contributed by atoms with Gasteiger partial charge in [0.15, 0.2) is 0 Å². The van der Waals surface area contributed by atoms with Gasteiger partial charge in [0.25, 0.3) is 0 Å². The zero-order valence-corrected chi connectivity index (χ0v) is 59.7. The van der Waals surface area contributed by atoms with E-state index in [1.807, 2.05) is 0 Å². The second-order valence-corrected chi connectivity index (χ2v) is 28.8. The van der Waals surface area contributed by atoms with Gasteiger partial charge >= 0.3 is 0 Å². The molecular weight excluding hydrogens is 1170 g/mol. The Hall–Kier alpha value is -7.30. The minimum atomic E-state index is -0.120. The third-order valence-corrected chi connectivity index (χ3v) is 22.0. The van der Waals surface area contributed by atoms with Crippen LogP contribution >= 0.6 is 0 Å². The van der Waals surface area contributed by atoms with Crippen molar-refractivity contribution in [3.05, 3.63) is 198 Å². The third-order valence-electron chi connectivity index (χ3n) is 22.0. The van der Waals surface area contributed by atoms with Gasteiger partial charge in [0.2, 0.25) is 11.8 Å². The van der Waals surface area contributed by atoms with E-state index in [1.54, 1.807) is 0 Å². The van der Waals surface area contributed by atoms with Crippen LogP contribution in [-0.2, 0) is 10.8 Å². The summed E-state index contributed by atoms with van der Waals surface area (Å²) in [6.45, 7) is 12.3. The molecule has 0 fully saturated rings. The number of fused-ring (bicyclic) bond motifs is 6. The van der Waals surface area contributed by atoms with Crippen LogP contribution in [0.4, 0.5) is 0 Å². The van der Waals surface area contributed by atoms with E-state index in [1.165, 1.54) is 270 Å². The fourth-order valence-electron chi connectivity index (χ4n) is 16.5. The first-order valence-electron chi connectivity index (χ1n) is 38.8. The zero-order valence-electron chi connectivity index (χ0n) is 59.7. The lowest BCUT2D eigenvalue weighted by molar-refractivity contribution is 0.304. The van der Waals surface area contributed by atoms with Crippen LogP contribution in [0, 0.1) is 0 Å². The molecule has 0 radical (unpaired) electrons. The summed E-state index contributed by atoms with van der Waals surface area (Å²) in [5.41, 5.74) is 23.2. The maximum atomic E-state index is 7.01. The number of rotatable bonds is 42. The Labute approximate surface area is 580 Å². The molecule has 9 aromatic rings. The number of aromatic nitrogens is 2. The molecule has 4 heteroatoms. The van der Waals surface area contributed by atoms with Gasteiger partial charge in [0, 0.05) is 22.0 Å². The van der Waals surface area contributed by atoms with Crippen molar-refractivity contribution in [1.29, 1.82) is 0 Å². The van der Waals surface area contributed by atoms with Gasteiger partial charge in [-0.2, -0.15) is 0 Å². The second kappa shape index (κ2) is 35.8. The lowest BCUT2D eigenvalue weighted by Gasteiger charge is -2.33. The van der Waals surface area contributed by atoms with Crippen LogP contribution < -0.4 is 4.74 Å². The van der Waals surface area contributed by atoms with Crippen LogP contribution in [0.2, 0.25) is 0 Å². The van der Waals surface area contributed by atoms with Crippen LogP contribution in [0.1, 0.15) is 275 Å². The van der Waals surface area contributed by atoms with Gasteiger partial charge in [-0.3, -0.25) is 0 Å². The highest BCUT2D eigenvalue weighted by Crippen LogP contribution is 2.58. The van der Waals surface area contributed by atoms with Crippen molar-refractivity contribution in [2.24, 2.45) is 0 Å². The monoisotopic (exact) mass is 1280 g/mol. The summed E-state index contributed by atoms with van der Waals surface area (Å²) < 4.78 is 13.3. The third kappa shape index (κ3) is 17.0. The van der Waals surface area contributed by atoms with Crippen LogP contribution in [0.25, 0.3) is 89.7 Å². The largest absolute Gasteiger partial charge is 0.494 e. The van der Waals surface area contributed by atoms with Gasteiger partial charge < -0.3 is 9.15 Å². The number of hydrogen-bond donors (Lipinski definition) is 0. The molecule has 0 saturated carbocycles. The second-order valence-electron chi connectivity index (χ2n) is 28.8. The molecule has 96 heavy (non-hydrogen) atoms. The van der Waals surface area contributed by atoms with Crippen molar-refractivity contribution in [3.8, 4) is 95.4 Å². The number of ether oxygens (including phenoxy) is 1. The first-order valence-corrected chi connectivity index (χ1v) is 38.8. The van der Waals surface area contributed by atoms with E-state index >= 15 is 0 Å². The van der Waals surface area contributed by atoms with Gasteiger partial charge in [-0.15, -0.1) is 10.2 Å². The van der Waals surface area contributed by atoms with Gasteiger partial charge in [-0.25, -0.2) is 0 Å². The molecule has 0 atom stereocenters. The smallest absolute Gasteiger partial charge is 0.248 e. The highest BCUT2D eigenvalue weighted by molar-refractivity contribution is 5.91. The molecule has 0 amide bonds. The quantitative estimate of drug-likeness (QED) is 0.0358. The average molecular weight is 1280 g/mol. The van der Waals surface area contributed by atoms with Crippen molar-refractivity contribution >= 4 is 0 Å². The Balaban J connectivity index is 1.02. The Morgan fingerprint density at radius 3 is 0.979 bits per heavy atom. The number of nitrogens with zero attached hydrogens (tertiary/aromatic N) is 2. The predicted molar refractivity (Wildman–Crippen MR) is 410 cm³/mol. The van der Waals surface area contributed by atoms with Crippen molar-refractivity contribution < 1.29 is 9.15 Å². The number of unbranched alkanes of at least 4 members (excludes halogenated alkanes) is 25. The maximum Gasteiger partial charge on any atom is 0.248 e. The molecule has 504 valence electrons. The maximum absolute atomic E-state index is 7.01. The van der Waals surface area contributed by atoms with Crippen molar-refractivity contribution in [2.75, 3.05) is 6.61 Å². The van der Waals surface area contributed by atoms with Crippen LogP contribution in [0.5, 0.6) is 5.75 Å². The van der Waals surface area contributed by atoms with E-state index in [9.17, 15) is 0 Å². The number of benzene rings is 8. The summed E-state index contributed by atoms with van der Waals surface area (Å²) in [7, 11) is 0. The van der Waals surface area contributed by atoms with E-state index in [-0.39, 0.29) is 10.8 Å². The lowest BCUT2D eigenvalue weighted by Crippen LogP contribution is -2.25. The summed E-state index contributed by atoms with van der Waals surface area (Å²) in [6.07, 6.45) is 42.9. The highest BCUT2D eigenvalue weighted by Gasteiger charge is 2.44. The van der Waals surface area contributed by atoms with E-state index in [0.717, 1.165) is 61.2 Å². The zero-order chi connectivity index (χ0) is 66.2. The molecule has 0 aliphatic heterocycles. The molecule has 1 aromatic heterocycles. The van der Waals surface area contributed by atoms with Gasteiger partial charge in [-0.05, 0) is 176 Å². The average Bonchev–Trinajstić information content (AvgIpc) is 1.57. The van der Waals surface area contributed by atoms with Gasteiger partial charge in [-0.1, -0.05) is 342 Å². The molecule has 0 spiro atoms. The molecule has 0 unspecified atom stereocenters. The van der Waals surface area contributed by atoms with Gasteiger partial charge in [0.05, 0.1) is 6.61 Å². The van der Waals surface area contributed by atoms with E-state index in [4.69, 9.17) is 19.4 Å². The van der Waals surface area contributed by atoms with Crippen LogP contribution in [0.15, 0.2) is 180 Å². The SMILES string of the molecule is CCCCCCCCOc1ccc(-c2nnc(-c3cc(-c4ccc5c(c4)C(CCCCCCCC)(CCCCCCCC)c4cc(-c6ccccc6)ccc4-5)ccc3-c3ccc4c(c3)C(CCCCCCCC)(CCCCCCCC)c3cc(-c5ccccc5)ccc3-4)o2)cc1. The molecule has 0 N–H and O–H groups in total. The molecule has 11 rings (SSSR count). The molecule has 2 aliphatic carbocycles. The first-order chi connectivity index (χ1) is 47.4. The Bertz CT molecular complexity index is 3780. The fraction of sp³-hybridized carbons (Fsp3) is 0.457. The van der Waals surface area contributed by atoms with E-state index in [0.29, 0.717) is 11.8 Å². The highest BCUT2D eigenvalue weighted by atomic mass is 16.5. The molecular formula is C92H114N2O2. The minimum absolute atomic E-state index is 0.0959. The Morgan fingerprint density at radius 2 is 0.573 bits per heavy atom. The van der Waals surface area contributed by atoms with Gasteiger partial charge in [0.1, 0.15) is 5.75 Å².